The van der Waals surface area contributed by atoms with Crippen LogP contribution in [0.1, 0.15) is 34.6 Å². The van der Waals surface area contributed by atoms with Crippen LogP contribution in [0.4, 0.5) is 0 Å². The van der Waals surface area contributed by atoms with E-state index in [0.717, 1.165) is 27.9 Å². The first-order chi connectivity index (χ1) is 16.1. The van der Waals surface area contributed by atoms with Gasteiger partial charge in [-0.05, 0) is 78.8 Å². The van der Waals surface area contributed by atoms with E-state index in [2.05, 4.69) is 87.5 Å². The minimum absolute atomic E-state index is 0.0231. The van der Waals surface area contributed by atoms with Gasteiger partial charge in [-0.2, -0.15) is 0 Å². The Hall–Kier alpha value is -3.64. The zero-order valence-corrected chi connectivity index (χ0v) is 19.5. The number of benzene rings is 2. The van der Waals surface area contributed by atoms with Crippen LogP contribution in [0.15, 0.2) is 91.3 Å². The highest BCUT2D eigenvalue weighted by atomic mass is 32.1. The summed E-state index contributed by atoms with van der Waals surface area (Å²) in [6.07, 6.45) is 3.95. The largest absolute Gasteiger partial charge is 0.497 e. The maximum absolute atomic E-state index is 5.85. The standard InChI is InChI=1S/C27H26N4OS/c1-19-7-5-8-21(17-19)30-16-6-10-24(30)26-25(23-9-3-4-15-28-23)29-27(33)31(26)18-20-11-13-22(32-2)14-12-20/h3-17,25-26H,18H2,1-2H3,(H,29,33). The normalized spacial score (nSPS) is 17.8. The third-order valence-electron chi connectivity index (χ3n) is 6.07. The van der Waals surface area contributed by atoms with E-state index < -0.39 is 0 Å². The highest BCUT2D eigenvalue weighted by Gasteiger charge is 2.41. The highest BCUT2D eigenvalue weighted by Crippen LogP contribution is 2.40. The average molecular weight is 455 g/mol. The maximum atomic E-state index is 5.85. The van der Waals surface area contributed by atoms with E-state index in [1.165, 1.54) is 11.1 Å². The summed E-state index contributed by atoms with van der Waals surface area (Å²) in [6.45, 7) is 2.80. The Morgan fingerprint density at radius 3 is 2.58 bits per heavy atom. The molecule has 0 bridgehead atoms. The Balaban J connectivity index is 1.58. The third-order valence-corrected chi connectivity index (χ3v) is 6.43. The predicted octanol–water partition coefficient (Wildman–Crippen LogP) is 5.36. The molecular weight excluding hydrogens is 428 g/mol. The molecule has 1 aliphatic rings. The van der Waals surface area contributed by atoms with Crippen molar-refractivity contribution in [3.63, 3.8) is 0 Å². The van der Waals surface area contributed by atoms with Gasteiger partial charge in [0.15, 0.2) is 5.11 Å². The number of rotatable bonds is 6. The summed E-state index contributed by atoms with van der Waals surface area (Å²) < 4.78 is 7.58. The Bertz CT molecular complexity index is 1250. The lowest BCUT2D eigenvalue weighted by Gasteiger charge is -2.29. The SMILES string of the molecule is COc1ccc(CN2C(=S)NC(c3ccccn3)C2c2cccn2-c2cccc(C)c2)cc1. The van der Waals surface area contributed by atoms with Gasteiger partial charge in [0.1, 0.15) is 5.75 Å². The zero-order valence-electron chi connectivity index (χ0n) is 18.7. The molecule has 0 saturated carbocycles. The molecule has 1 aliphatic heterocycles. The number of aromatic nitrogens is 2. The number of thiocarbonyl (C=S) groups is 1. The van der Waals surface area contributed by atoms with E-state index in [9.17, 15) is 0 Å². The van der Waals surface area contributed by atoms with Crippen LogP contribution in [0.25, 0.3) is 5.69 Å². The summed E-state index contributed by atoms with van der Waals surface area (Å²) in [5.74, 6) is 0.845. The van der Waals surface area contributed by atoms with Crippen molar-refractivity contribution in [2.75, 3.05) is 7.11 Å². The number of aryl methyl sites for hydroxylation is 1. The Morgan fingerprint density at radius 1 is 1.00 bits per heavy atom. The molecule has 5 rings (SSSR count). The van der Waals surface area contributed by atoms with Crippen molar-refractivity contribution >= 4 is 17.3 Å². The summed E-state index contributed by atoms with van der Waals surface area (Å²) in [6, 6.07) is 26.9. The number of pyridine rings is 1. The molecule has 166 valence electrons. The van der Waals surface area contributed by atoms with Crippen LogP contribution in [0.5, 0.6) is 5.75 Å². The van der Waals surface area contributed by atoms with Crippen molar-refractivity contribution in [1.29, 1.82) is 0 Å². The molecule has 0 spiro atoms. The van der Waals surface area contributed by atoms with Gasteiger partial charge in [-0.25, -0.2) is 0 Å². The number of hydrogen-bond acceptors (Lipinski definition) is 3. The molecule has 1 saturated heterocycles. The fraction of sp³-hybridized carbons (Fsp3) is 0.185. The van der Waals surface area contributed by atoms with E-state index in [4.69, 9.17) is 17.0 Å². The second-order valence-electron chi connectivity index (χ2n) is 8.24. The summed E-state index contributed by atoms with van der Waals surface area (Å²) >= 11 is 5.85. The van der Waals surface area contributed by atoms with Crippen LogP contribution in [0, 0.1) is 6.92 Å². The van der Waals surface area contributed by atoms with Crippen LogP contribution in [0.2, 0.25) is 0 Å². The fourth-order valence-electron chi connectivity index (χ4n) is 4.47. The van der Waals surface area contributed by atoms with E-state index in [1.807, 2.05) is 30.5 Å². The summed E-state index contributed by atoms with van der Waals surface area (Å²) in [5, 5.41) is 4.27. The molecule has 5 nitrogen and oxygen atoms in total. The lowest BCUT2D eigenvalue weighted by atomic mass is 10.0. The van der Waals surface area contributed by atoms with Crippen LogP contribution < -0.4 is 10.1 Å². The topological polar surface area (TPSA) is 42.3 Å². The molecule has 2 unspecified atom stereocenters. The van der Waals surface area contributed by atoms with Crippen molar-refractivity contribution in [1.82, 2.24) is 19.8 Å². The summed E-state index contributed by atoms with van der Waals surface area (Å²) in [5.41, 5.74) is 5.66. The second-order valence-corrected chi connectivity index (χ2v) is 8.63. The lowest BCUT2D eigenvalue weighted by Crippen LogP contribution is -2.30. The van der Waals surface area contributed by atoms with Gasteiger partial charge in [-0.1, -0.05) is 30.3 Å². The highest BCUT2D eigenvalue weighted by molar-refractivity contribution is 7.80. The minimum atomic E-state index is -0.0598. The molecule has 0 amide bonds. The number of hydrogen-bond donors (Lipinski definition) is 1. The number of methoxy groups -OCH3 is 1. The average Bonchev–Trinajstić information content (AvgIpc) is 3.45. The van der Waals surface area contributed by atoms with Crippen molar-refractivity contribution < 1.29 is 4.74 Å². The van der Waals surface area contributed by atoms with Crippen molar-refractivity contribution in [2.45, 2.75) is 25.6 Å². The van der Waals surface area contributed by atoms with E-state index in [0.29, 0.717) is 6.54 Å². The van der Waals surface area contributed by atoms with Gasteiger partial charge in [0.25, 0.3) is 0 Å². The molecular formula is C27H26N4OS. The molecule has 0 aliphatic carbocycles. The van der Waals surface area contributed by atoms with E-state index in [-0.39, 0.29) is 12.1 Å². The van der Waals surface area contributed by atoms with Gasteiger partial charge in [-0.15, -0.1) is 0 Å². The van der Waals surface area contributed by atoms with Crippen molar-refractivity contribution in [3.05, 3.63) is 114 Å². The van der Waals surface area contributed by atoms with Gasteiger partial charge in [-0.3, -0.25) is 4.98 Å². The van der Waals surface area contributed by atoms with Crippen molar-refractivity contribution in [2.24, 2.45) is 0 Å². The quantitative estimate of drug-likeness (QED) is 0.397. The third kappa shape index (κ3) is 4.22. The summed E-state index contributed by atoms with van der Waals surface area (Å²) in [7, 11) is 1.68. The molecule has 2 atom stereocenters. The molecule has 1 fully saturated rings. The molecule has 4 aromatic rings. The van der Waals surface area contributed by atoms with Crippen LogP contribution in [-0.2, 0) is 6.54 Å². The Kier molecular flexibility index (Phi) is 5.84. The molecule has 3 heterocycles. The Labute approximate surface area is 199 Å². The molecule has 0 radical (unpaired) electrons. The predicted molar refractivity (Wildman–Crippen MR) is 134 cm³/mol. The molecule has 1 N–H and O–H groups in total. The molecule has 33 heavy (non-hydrogen) atoms. The monoisotopic (exact) mass is 454 g/mol. The first-order valence-corrected chi connectivity index (χ1v) is 11.4. The summed E-state index contributed by atoms with van der Waals surface area (Å²) in [4.78, 5) is 6.92. The van der Waals surface area contributed by atoms with E-state index >= 15 is 0 Å². The smallest absolute Gasteiger partial charge is 0.170 e. The van der Waals surface area contributed by atoms with Crippen LogP contribution in [0.3, 0.4) is 0 Å². The van der Waals surface area contributed by atoms with Crippen molar-refractivity contribution in [3.8, 4) is 11.4 Å². The molecule has 2 aromatic heterocycles. The number of nitrogens with zero attached hydrogens (tertiary/aromatic N) is 3. The number of nitrogens with one attached hydrogen (secondary N) is 1. The second kappa shape index (κ2) is 9.08. The first-order valence-electron chi connectivity index (χ1n) is 11.0. The first kappa shape index (κ1) is 21.2. The van der Waals surface area contributed by atoms with Crippen LogP contribution in [-0.4, -0.2) is 26.7 Å². The van der Waals surface area contributed by atoms with Crippen LogP contribution >= 0.6 is 12.2 Å². The minimum Gasteiger partial charge on any atom is -0.497 e. The fourth-order valence-corrected chi connectivity index (χ4v) is 4.78. The number of ether oxygens (including phenoxy) is 1. The lowest BCUT2D eigenvalue weighted by molar-refractivity contribution is 0.302. The molecule has 2 aromatic carbocycles. The van der Waals surface area contributed by atoms with Gasteiger partial charge >= 0.3 is 0 Å². The van der Waals surface area contributed by atoms with Gasteiger partial charge in [0.05, 0.1) is 24.9 Å². The van der Waals surface area contributed by atoms with Gasteiger partial charge in [0, 0.05) is 30.3 Å². The maximum Gasteiger partial charge on any atom is 0.170 e. The van der Waals surface area contributed by atoms with E-state index in [1.54, 1.807) is 7.11 Å². The van der Waals surface area contributed by atoms with Gasteiger partial charge in [0.2, 0.25) is 0 Å². The van der Waals surface area contributed by atoms with Gasteiger partial charge < -0.3 is 19.5 Å². The molecule has 6 heteroatoms. The zero-order chi connectivity index (χ0) is 22.8. The Morgan fingerprint density at radius 2 is 1.85 bits per heavy atom.